The van der Waals surface area contributed by atoms with E-state index in [1.165, 1.54) is 11.1 Å². The average molecular weight is 336 g/mol. The van der Waals surface area contributed by atoms with Gasteiger partial charge in [0.15, 0.2) is 0 Å². The predicted octanol–water partition coefficient (Wildman–Crippen LogP) is 2.74. The third-order valence-corrected chi connectivity index (χ3v) is 4.54. The molecule has 6 heteroatoms. The molecule has 1 aliphatic heterocycles. The zero-order valence-corrected chi connectivity index (χ0v) is 14.2. The Kier molecular flexibility index (Phi) is 4.43. The summed E-state index contributed by atoms with van der Waals surface area (Å²) < 4.78 is 11.1. The molecule has 0 aliphatic carbocycles. The summed E-state index contributed by atoms with van der Waals surface area (Å²) in [5.74, 6) is 2.08. The van der Waals surface area contributed by atoms with E-state index < -0.39 is 0 Å². The van der Waals surface area contributed by atoms with Gasteiger partial charge in [0, 0.05) is 25.5 Å². The molecule has 4 rings (SSSR count). The SMILES string of the molecule is COc1ccc2c(c1)CCN(Cc1nnc(-c3cccnc3)o1)CC2. The topological polar surface area (TPSA) is 64.3 Å². The number of nitrogens with zero attached hydrogens (tertiary/aromatic N) is 4. The molecule has 25 heavy (non-hydrogen) atoms. The van der Waals surface area contributed by atoms with Crippen LogP contribution < -0.4 is 4.74 Å². The van der Waals surface area contributed by atoms with Crippen molar-refractivity contribution < 1.29 is 9.15 Å². The number of benzene rings is 1. The third-order valence-electron chi connectivity index (χ3n) is 4.54. The Bertz CT molecular complexity index is 848. The van der Waals surface area contributed by atoms with Crippen LogP contribution in [-0.4, -0.2) is 40.3 Å². The van der Waals surface area contributed by atoms with E-state index in [1.54, 1.807) is 19.5 Å². The Morgan fingerprint density at radius 2 is 2.00 bits per heavy atom. The Balaban J connectivity index is 1.43. The smallest absolute Gasteiger partial charge is 0.249 e. The first-order valence-corrected chi connectivity index (χ1v) is 8.43. The van der Waals surface area contributed by atoms with Gasteiger partial charge in [-0.05, 0) is 48.2 Å². The van der Waals surface area contributed by atoms with Gasteiger partial charge in [0.25, 0.3) is 0 Å². The second-order valence-electron chi connectivity index (χ2n) is 6.15. The van der Waals surface area contributed by atoms with Gasteiger partial charge in [0.2, 0.25) is 11.8 Å². The van der Waals surface area contributed by atoms with Crippen molar-refractivity contribution in [2.45, 2.75) is 19.4 Å². The molecule has 1 aliphatic rings. The number of rotatable bonds is 4. The van der Waals surface area contributed by atoms with E-state index in [4.69, 9.17) is 9.15 Å². The molecular weight excluding hydrogens is 316 g/mol. The second kappa shape index (κ2) is 7.03. The lowest BCUT2D eigenvalue weighted by molar-refractivity contribution is 0.251. The summed E-state index contributed by atoms with van der Waals surface area (Å²) in [5.41, 5.74) is 3.60. The molecule has 0 bridgehead atoms. The van der Waals surface area contributed by atoms with Gasteiger partial charge < -0.3 is 9.15 Å². The van der Waals surface area contributed by atoms with E-state index in [9.17, 15) is 0 Å². The Hall–Kier alpha value is -2.73. The minimum absolute atomic E-state index is 0.519. The summed E-state index contributed by atoms with van der Waals surface area (Å²) in [7, 11) is 1.71. The Morgan fingerprint density at radius 1 is 1.12 bits per heavy atom. The fraction of sp³-hybridized carbons (Fsp3) is 0.316. The van der Waals surface area contributed by atoms with Crippen LogP contribution in [0.15, 0.2) is 47.1 Å². The van der Waals surface area contributed by atoms with Crippen LogP contribution in [0.5, 0.6) is 5.75 Å². The van der Waals surface area contributed by atoms with Crippen molar-refractivity contribution >= 4 is 0 Å². The van der Waals surface area contributed by atoms with E-state index in [-0.39, 0.29) is 0 Å². The molecule has 0 saturated heterocycles. The van der Waals surface area contributed by atoms with Gasteiger partial charge in [-0.25, -0.2) is 0 Å². The van der Waals surface area contributed by atoms with Crippen LogP contribution in [0, 0.1) is 0 Å². The van der Waals surface area contributed by atoms with Crippen LogP contribution in [0.3, 0.4) is 0 Å². The van der Waals surface area contributed by atoms with Crippen LogP contribution >= 0.6 is 0 Å². The maximum atomic E-state index is 5.80. The maximum Gasteiger partial charge on any atom is 0.249 e. The van der Waals surface area contributed by atoms with E-state index in [2.05, 4.69) is 32.2 Å². The molecule has 0 atom stereocenters. The molecule has 0 spiro atoms. The van der Waals surface area contributed by atoms with Crippen LogP contribution in [0.25, 0.3) is 11.5 Å². The lowest BCUT2D eigenvalue weighted by Crippen LogP contribution is -2.26. The maximum absolute atomic E-state index is 5.80. The highest BCUT2D eigenvalue weighted by Crippen LogP contribution is 2.23. The quantitative estimate of drug-likeness (QED) is 0.730. The van der Waals surface area contributed by atoms with Gasteiger partial charge in [0.1, 0.15) is 5.75 Å². The summed E-state index contributed by atoms with van der Waals surface area (Å²) in [6.07, 6.45) is 5.47. The molecule has 128 valence electrons. The van der Waals surface area contributed by atoms with Crippen molar-refractivity contribution in [2.24, 2.45) is 0 Å². The first-order chi connectivity index (χ1) is 12.3. The highest BCUT2D eigenvalue weighted by molar-refractivity contribution is 5.49. The molecule has 0 saturated carbocycles. The highest BCUT2D eigenvalue weighted by atomic mass is 16.5. The number of fused-ring (bicyclic) bond motifs is 1. The summed E-state index contributed by atoms with van der Waals surface area (Å²) in [5, 5.41) is 8.33. The number of aromatic nitrogens is 3. The standard InChI is InChI=1S/C19H20N4O2/c1-24-17-5-4-14-6-9-23(10-7-15(14)11-17)13-18-21-22-19(25-18)16-3-2-8-20-12-16/h2-5,8,11-12H,6-7,9-10,13H2,1H3. The molecule has 0 N–H and O–H groups in total. The summed E-state index contributed by atoms with van der Waals surface area (Å²) >= 11 is 0. The molecule has 0 amide bonds. The van der Waals surface area contributed by atoms with Crippen molar-refractivity contribution in [2.75, 3.05) is 20.2 Å². The van der Waals surface area contributed by atoms with Gasteiger partial charge >= 0.3 is 0 Å². The number of pyridine rings is 1. The molecule has 0 unspecified atom stereocenters. The molecule has 2 aromatic heterocycles. The first kappa shape index (κ1) is 15.8. The van der Waals surface area contributed by atoms with Crippen molar-refractivity contribution in [1.82, 2.24) is 20.1 Å². The number of ether oxygens (including phenoxy) is 1. The largest absolute Gasteiger partial charge is 0.497 e. The summed E-state index contributed by atoms with van der Waals surface area (Å²) in [4.78, 5) is 6.44. The fourth-order valence-electron chi connectivity index (χ4n) is 3.15. The Morgan fingerprint density at radius 3 is 2.80 bits per heavy atom. The Labute approximate surface area is 146 Å². The van der Waals surface area contributed by atoms with E-state index >= 15 is 0 Å². The van der Waals surface area contributed by atoms with Gasteiger partial charge in [0.05, 0.1) is 19.2 Å². The van der Waals surface area contributed by atoms with Gasteiger partial charge in [-0.3, -0.25) is 9.88 Å². The van der Waals surface area contributed by atoms with Gasteiger partial charge in [-0.2, -0.15) is 0 Å². The van der Waals surface area contributed by atoms with Crippen LogP contribution in [0.2, 0.25) is 0 Å². The lowest BCUT2D eigenvalue weighted by atomic mass is 10.0. The first-order valence-electron chi connectivity index (χ1n) is 8.43. The fourth-order valence-corrected chi connectivity index (χ4v) is 3.15. The minimum Gasteiger partial charge on any atom is -0.497 e. The third kappa shape index (κ3) is 3.53. The lowest BCUT2D eigenvalue weighted by Gasteiger charge is -2.16. The molecule has 0 fully saturated rings. The van der Waals surface area contributed by atoms with Crippen LogP contribution in [0.4, 0.5) is 0 Å². The van der Waals surface area contributed by atoms with E-state index in [0.29, 0.717) is 18.3 Å². The van der Waals surface area contributed by atoms with Gasteiger partial charge in [-0.1, -0.05) is 6.07 Å². The molecule has 3 heterocycles. The van der Waals surface area contributed by atoms with Crippen molar-refractivity contribution in [1.29, 1.82) is 0 Å². The molecular formula is C19H20N4O2. The molecule has 1 aromatic carbocycles. The number of methoxy groups -OCH3 is 1. The van der Waals surface area contributed by atoms with Gasteiger partial charge in [-0.15, -0.1) is 10.2 Å². The number of hydrogen-bond donors (Lipinski definition) is 0. The van der Waals surface area contributed by atoms with Crippen LogP contribution in [-0.2, 0) is 19.4 Å². The molecule has 6 nitrogen and oxygen atoms in total. The van der Waals surface area contributed by atoms with Crippen LogP contribution in [0.1, 0.15) is 17.0 Å². The zero-order valence-electron chi connectivity index (χ0n) is 14.2. The predicted molar refractivity (Wildman–Crippen MR) is 93.2 cm³/mol. The summed E-state index contributed by atoms with van der Waals surface area (Å²) in [6, 6.07) is 10.1. The van der Waals surface area contributed by atoms with Crippen molar-refractivity contribution in [3.63, 3.8) is 0 Å². The monoisotopic (exact) mass is 336 g/mol. The van der Waals surface area contributed by atoms with E-state index in [1.807, 2.05) is 18.2 Å². The number of hydrogen-bond acceptors (Lipinski definition) is 6. The normalized spacial score (nSPS) is 14.8. The van der Waals surface area contributed by atoms with E-state index in [0.717, 1.165) is 37.2 Å². The summed E-state index contributed by atoms with van der Waals surface area (Å²) in [6.45, 7) is 2.60. The minimum atomic E-state index is 0.519. The zero-order chi connectivity index (χ0) is 17.1. The highest BCUT2D eigenvalue weighted by Gasteiger charge is 2.17. The molecule has 0 radical (unpaired) electrons. The average Bonchev–Trinajstić information content (AvgIpc) is 3.04. The molecule has 3 aromatic rings. The van der Waals surface area contributed by atoms with Crippen molar-refractivity contribution in [3.8, 4) is 17.2 Å². The van der Waals surface area contributed by atoms with Crippen molar-refractivity contribution in [3.05, 3.63) is 59.7 Å². The second-order valence-corrected chi connectivity index (χ2v) is 6.15.